The van der Waals surface area contributed by atoms with E-state index in [2.05, 4.69) is 15.6 Å². The summed E-state index contributed by atoms with van der Waals surface area (Å²) in [6, 6.07) is 6.12. The Morgan fingerprint density at radius 1 is 1.40 bits per heavy atom. The maximum atomic E-state index is 10.4. The molecule has 1 aromatic rings. The zero-order valence-corrected chi connectivity index (χ0v) is 8.52. The van der Waals surface area contributed by atoms with Gasteiger partial charge in [-0.1, -0.05) is 0 Å². The van der Waals surface area contributed by atoms with Gasteiger partial charge in [0.25, 0.3) is 5.69 Å². The number of nitrogens with one attached hydrogen (secondary N) is 2. The summed E-state index contributed by atoms with van der Waals surface area (Å²) in [6.45, 7) is 0. The summed E-state index contributed by atoms with van der Waals surface area (Å²) in [5, 5.41) is 16.2. The average Bonchev–Trinajstić information content (AvgIpc) is 2.26. The van der Waals surface area contributed by atoms with Crippen molar-refractivity contribution in [2.75, 3.05) is 19.4 Å². The van der Waals surface area contributed by atoms with Crippen LogP contribution in [-0.2, 0) is 0 Å². The molecule has 0 amide bonds. The predicted molar refractivity (Wildman–Crippen MR) is 59.1 cm³/mol. The van der Waals surface area contributed by atoms with Gasteiger partial charge in [-0.25, -0.2) is 0 Å². The molecule has 15 heavy (non-hydrogen) atoms. The number of benzene rings is 1. The summed E-state index contributed by atoms with van der Waals surface area (Å²) >= 11 is 0. The second-order valence-corrected chi connectivity index (χ2v) is 2.75. The predicted octanol–water partition coefficient (Wildman–Crippen LogP) is 1.21. The van der Waals surface area contributed by atoms with E-state index in [-0.39, 0.29) is 5.69 Å². The second kappa shape index (κ2) is 4.94. The molecule has 0 unspecified atom stereocenters. The van der Waals surface area contributed by atoms with E-state index in [4.69, 9.17) is 0 Å². The van der Waals surface area contributed by atoms with Crippen molar-refractivity contribution in [1.82, 2.24) is 5.32 Å². The molecule has 0 spiro atoms. The number of rotatable bonds is 2. The Labute approximate surface area is 87.2 Å². The Morgan fingerprint density at radius 3 is 2.40 bits per heavy atom. The number of guanidine groups is 1. The summed E-state index contributed by atoms with van der Waals surface area (Å²) in [5.41, 5.74) is 0.815. The fraction of sp³-hybridized carbons (Fsp3) is 0.222. The topological polar surface area (TPSA) is 79.6 Å². The zero-order chi connectivity index (χ0) is 11.3. The molecular formula is C9H12N4O2. The molecule has 0 aliphatic heterocycles. The molecular weight excluding hydrogens is 196 g/mol. The Morgan fingerprint density at radius 2 is 2.00 bits per heavy atom. The van der Waals surface area contributed by atoms with Crippen LogP contribution >= 0.6 is 0 Å². The lowest BCUT2D eigenvalue weighted by Crippen LogP contribution is -2.26. The molecule has 80 valence electrons. The smallest absolute Gasteiger partial charge is 0.269 e. The lowest BCUT2D eigenvalue weighted by atomic mass is 10.3. The zero-order valence-electron chi connectivity index (χ0n) is 8.52. The number of non-ortho nitro benzene ring substituents is 1. The van der Waals surface area contributed by atoms with E-state index in [0.29, 0.717) is 5.96 Å². The molecule has 6 nitrogen and oxygen atoms in total. The van der Waals surface area contributed by atoms with E-state index >= 15 is 0 Å². The minimum Gasteiger partial charge on any atom is -0.359 e. The highest BCUT2D eigenvalue weighted by Crippen LogP contribution is 2.14. The van der Waals surface area contributed by atoms with Crippen LogP contribution in [0.4, 0.5) is 11.4 Å². The molecule has 1 aromatic carbocycles. The molecule has 0 atom stereocenters. The number of hydrogen-bond donors (Lipinski definition) is 2. The van der Waals surface area contributed by atoms with Crippen molar-refractivity contribution in [2.45, 2.75) is 0 Å². The van der Waals surface area contributed by atoms with E-state index in [1.807, 2.05) is 0 Å². The van der Waals surface area contributed by atoms with Crippen molar-refractivity contribution in [3.63, 3.8) is 0 Å². The summed E-state index contributed by atoms with van der Waals surface area (Å²) in [7, 11) is 3.38. The fourth-order valence-electron chi connectivity index (χ4n) is 1.03. The molecule has 2 N–H and O–H groups in total. The average molecular weight is 208 g/mol. The third-order valence-corrected chi connectivity index (χ3v) is 1.80. The highest BCUT2D eigenvalue weighted by atomic mass is 16.6. The number of hydrogen-bond acceptors (Lipinski definition) is 3. The van der Waals surface area contributed by atoms with Crippen LogP contribution in [0.15, 0.2) is 29.3 Å². The first-order valence-electron chi connectivity index (χ1n) is 4.33. The van der Waals surface area contributed by atoms with Crippen molar-refractivity contribution < 1.29 is 4.92 Å². The van der Waals surface area contributed by atoms with Gasteiger partial charge in [0.15, 0.2) is 5.96 Å². The minimum atomic E-state index is -0.434. The van der Waals surface area contributed by atoms with E-state index in [9.17, 15) is 10.1 Å². The summed E-state index contributed by atoms with van der Waals surface area (Å²) in [6.07, 6.45) is 0. The van der Waals surface area contributed by atoms with Gasteiger partial charge in [-0.3, -0.25) is 15.1 Å². The highest BCUT2D eigenvalue weighted by molar-refractivity contribution is 5.93. The van der Waals surface area contributed by atoms with Crippen molar-refractivity contribution in [3.8, 4) is 0 Å². The second-order valence-electron chi connectivity index (χ2n) is 2.75. The van der Waals surface area contributed by atoms with Crippen LogP contribution in [-0.4, -0.2) is 25.0 Å². The van der Waals surface area contributed by atoms with Crippen LogP contribution in [0, 0.1) is 10.1 Å². The first-order chi connectivity index (χ1) is 7.17. The Hall–Kier alpha value is -2.11. The van der Waals surface area contributed by atoms with Gasteiger partial charge < -0.3 is 10.6 Å². The number of nitro benzene ring substituents is 1. The quantitative estimate of drug-likeness (QED) is 0.331. The normalized spacial score (nSPS) is 10.9. The van der Waals surface area contributed by atoms with Crippen LogP contribution in [0.5, 0.6) is 0 Å². The largest absolute Gasteiger partial charge is 0.359 e. The fourth-order valence-corrected chi connectivity index (χ4v) is 1.03. The van der Waals surface area contributed by atoms with Gasteiger partial charge in [-0.2, -0.15) is 0 Å². The Kier molecular flexibility index (Phi) is 3.61. The molecule has 0 aliphatic carbocycles. The van der Waals surface area contributed by atoms with Crippen molar-refractivity contribution in [3.05, 3.63) is 34.4 Å². The highest BCUT2D eigenvalue weighted by Gasteiger charge is 2.04. The molecule has 0 fully saturated rings. The Balaban J connectivity index is 2.76. The monoisotopic (exact) mass is 208 g/mol. The van der Waals surface area contributed by atoms with E-state index in [1.54, 1.807) is 26.2 Å². The molecule has 0 bridgehead atoms. The van der Waals surface area contributed by atoms with Gasteiger partial charge in [0.2, 0.25) is 0 Å². The van der Waals surface area contributed by atoms with Crippen molar-refractivity contribution in [2.24, 2.45) is 4.99 Å². The number of aliphatic imine (C=N–C) groups is 1. The third-order valence-electron chi connectivity index (χ3n) is 1.80. The van der Waals surface area contributed by atoms with Crippen molar-refractivity contribution in [1.29, 1.82) is 0 Å². The maximum Gasteiger partial charge on any atom is 0.269 e. The van der Waals surface area contributed by atoms with Crippen molar-refractivity contribution >= 4 is 17.3 Å². The van der Waals surface area contributed by atoms with Gasteiger partial charge >= 0.3 is 0 Å². The van der Waals surface area contributed by atoms with Gasteiger partial charge in [0, 0.05) is 31.9 Å². The van der Waals surface area contributed by atoms with Gasteiger partial charge in [-0.15, -0.1) is 0 Å². The summed E-state index contributed by atoms with van der Waals surface area (Å²) in [5.74, 6) is 0.601. The number of nitro groups is 1. The first kappa shape index (κ1) is 11.0. The molecule has 6 heteroatoms. The van der Waals surface area contributed by atoms with Gasteiger partial charge in [0.1, 0.15) is 0 Å². The van der Waals surface area contributed by atoms with E-state index in [0.717, 1.165) is 5.69 Å². The molecule has 1 rings (SSSR count). The van der Waals surface area contributed by atoms with E-state index in [1.165, 1.54) is 12.1 Å². The summed E-state index contributed by atoms with van der Waals surface area (Å²) in [4.78, 5) is 13.9. The number of anilines is 1. The molecule has 0 radical (unpaired) electrons. The summed E-state index contributed by atoms with van der Waals surface area (Å²) < 4.78 is 0. The van der Waals surface area contributed by atoms with E-state index < -0.39 is 4.92 Å². The standard InChI is InChI=1S/C9H12N4O2/c1-10-9(11-2)12-7-3-5-8(6-4-7)13(14)15/h3-6H,1-2H3,(H2,10,11,12). The molecule has 0 aromatic heterocycles. The van der Waals surface area contributed by atoms with Gasteiger partial charge in [0.05, 0.1) is 4.92 Å². The maximum absolute atomic E-state index is 10.4. The van der Waals surface area contributed by atoms with Crippen LogP contribution < -0.4 is 10.6 Å². The van der Waals surface area contributed by atoms with Gasteiger partial charge in [-0.05, 0) is 12.1 Å². The molecule has 0 saturated carbocycles. The lowest BCUT2D eigenvalue weighted by molar-refractivity contribution is -0.384. The first-order valence-corrected chi connectivity index (χ1v) is 4.33. The van der Waals surface area contributed by atoms with Crippen LogP contribution in [0.25, 0.3) is 0 Å². The van der Waals surface area contributed by atoms with Crippen LogP contribution in [0.1, 0.15) is 0 Å². The lowest BCUT2D eigenvalue weighted by Gasteiger charge is -2.07. The third kappa shape index (κ3) is 2.94. The SMILES string of the molecule is CN=C(NC)Nc1ccc([N+](=O)[O-])cc1. The number of nitrogens with zero attached hydrogens (tertiary/aromatic N) is 2. The van der Waals surface area contributed by atoms with Crippen LogP contribution in [0.3, 0.4) is 0 Å². The molecule has 0 saturated heterocycles. The molecule has 0 aliphatic rings. The minimum absolute atomic E-state index is 0.0694. The molecule has 0 heterocycles. The van der Waals surface area contributed by atoms with Crippen LogP contribution in [0.2, 0.25) is 0 Å². The Bertz CT molecular complexity index is 372.